The van der Waals surface area contributed by atoms with Gasteiger partial charge in [0.2, 0.25) is 0 Å². The molecule has 202 valence electrons. The monoisotopic (exact) mass is 519 g/mol. The Bertz CT molecular complexity index is 1140. The fourth-order valence-corrected chi connectivity index (χ4v) is 4.13. The lowest BCUT2D eigenvalue weighted by Gasteiger charge is -2.31. The van der Waals surface area contributed by atoms with E-state index in [1.165, 1.54) is 0 Å². The second-order valence-electron chi connectivity index (χ2n) is 9.50. The van der Waals surface area contributed by atoms with E-state index in [0.29, 0.717) is 12.8 Å². The Morgan fingerprint density at radius 3 is 2.29 bits per heavy atom. The molecular weight excluding hydrogens is 482 g/mol. The van der Waals surface area contributed by atoms with Crippen LogP contribution in [0.2, 0.25) is 0 Å². The molecule has 0 saturated carbocycles. The summed E-state index contributed by atoms with van der Waals surface area (Å²) in [5.74, 6) is -0.716. The number of aliphatic hydroxyl groups is 1. The number of carbonyl (C=O) groups is 2. The fraction of sp³-hybridized carbons (Fsp3) is 0.345. The highest BCUT2D eigenvalue weighted by molar-refractivity contribution is 5.85. The van der Waals surface area contributed by atoms with Gasteiger partial charge in [-0.3, -0.25) is 15.2 Å². The Hall–Kier alpha value is -3.79. The van der Waals surface area contributed by atoms with Crippen molar-refractivity contribution >= 4 is 12.0 Å². The summed E-state index contributed by atoms with van der Waals surface area (Å²) in [5.41, 5.74) is 12.8. The summed E-state index contributed by atoms with van der Waals surface area (Å²) >= 11 is 0. The highest BCUT2D eigenvalue weighted by atomic mass is 16.4. The van der Waals surface area contributed by atoms with Gasteiger partial charge < -0.3 is 21.3 Å². The number of hydrogen-bond donors (Lipinski definition) is 5. The van der Waals surface area contributed by atoms with Gasteiger partial charge in [-0.2, -0.15) is 0 Å². The molecule has 0 saturated heterocycles. The zero-order chi connectivity index (χ0) is 27.5. The largest absolute Gasteiger partial charge is 0.465 e. The third-order valence-corrected chi connectivity index (χ3v) is 6.55. The molecule has 2 aromatic carbocycles. The average Bonchev–Trinajstić information content (AvgIpc) is 2.92. The Morgan fingerprint density at radius 1 is 1.00 bits per heavy atom. The van der Waals surface area contributed by atoms with E-state index in [1.807, 2.05) is 86.6 Å². The van der Waals surface area contributed by atoms with Crippen LogP contribution in [0.5, 0.6) is 0 Å². The zero-order valence-corrected chi connectivity index (χ0v) is 21.8. The minimum Gasteiger partial charge on any atom is -0.465 e. The molecule has 0 bridgehead atoms. The Balaban J connectivity index is 1.76. The lowest BCUT2D eigenvalue weighted by atomic mass is 9.98. The molecule has 1 aromatic heterocycles. The molecule has 0 unspecified atom stereocenters. The third kappa shape index (κ3) is 8.65. The lowest BCUT2D eigenvalue weighted by molar-refractivity contribution is -0.130. The normalized spacial score (nSPS) is 14.3. The Morgan fingerprint density at radius 2 is 1.68 bits per heavy atom. The number of aliphatic hydroxyl groups excluding tert-OH is 1. The van der Waals surface area contributed by atoms with E-state index in [0.717, 1.165) is 22.4 Å². The summed E-state index contributed by atoms with van der Waals surface area (Å²) in [4.78, 5) is 28.9. The number of carboxylic acid groups (broad SMARTS) is 1. The highest BCUT2D eigenvalue weighted by Crippen LogP contribution is 2.18. The Kier molecular flexibility index (Phi) is 10.8. The fourth-order valence-electron chi connectivity index (χ4n) is 4.13. The number of pyridine rings is 1. The minimum atomic E-state index is -1.27. The molecule has 0 aliphatic heterocycles. The molecule has 0 aliphatic rings. The van der Waals surface area contributed by atoms with Crippen molar-refractivity contribution in [2.75, 3.05) is 6.54 Å². The average molecular weight is 520 g/mol. The summed E-state index contributed by atoms with van der Waals surface area (Å²) < 4.78 is 0. The molecule has 9 nitrogen and oxygen atoms in total. The lowest BCUT2D eigenvalue weighted by Crippen LogP contribution is -2.56. The molecule has 0 aliphatic carbocycles. The van der Waals surface area contributed by atoms with Crippen LogP contribution in [0.3, 0.4) is 0 Å². The molecule has 0 radical (unpaired) electrons. The van der Waals surface area contributed by atoms with Crippen LogP contribution in [0.15, 0.2) is 79.0 Å². The Labute approximate surface area is 223 Å². The number of benzene rings is 2. The quantitative estimate of drug-likeness (QED) is 0.218. The number of hydrazine groups is 1. The van der Waals surface area contributed by atoms with Gasteiger partial charge in [0, 0.05) is 30.9 Å². The summed E-state index contributed by atoms with van der Waals surface area (Å²) in [7, 11) is 0. The first-order valence-electron chi connectivity index (χ1n) is 12.8. The van der Waals surface area contributed by atoms with Crippen molar-refractivity contribution < 1.29 is 19.8 Å². The standard InChI is InChI=1S/C29H37N5O4/c1-3-20(2)27(32-29(37)38)28(36)33-34(19-26(35)24(30)17-21-9-5-4-6-10-21)18-22-12-14-23(15-13-22)25-11-7-8-16-31-25/h4-16,20,24,26-27,32,35H,3,17-19,30H2,1-2H3,(H,33,36)(H,37,38)/t20-,24-,26-,27-/m0/s1. The number of amides is 2. The molecule has 6 N–H and O–H groups in total. The van der Waals surface area contributed by atoms with E-state index in [-0.39, 0.29) is 19.0 Å². The summed E-state index contributed by atoms with van der Waals surface area (Å²) in [5, 5.41) is 24.1. The number of rotatable bonds is 13. The van der Waals surface area contributed by atoms with Crippen LogP contribution in [-0.2, 0) is 17.8 Å². The van der Waals surface area contributed by atoms with E-state index in [1.54, 1.807) is 11.2 Å². The number of aromatic nitrogens is 1. The number of carbonyl (C=O) groups excluding carboxylic acids is 1. The van der Waals surface area contributed by atoms with Crippen molar-refractivity contribution in [2.24, 2.45) is 11.7 Å². The van der Waals surface area contributed by atoms with Crippen LogP contribution >= 0.6 is 0 Å². The predicted octanol–water partition coefficient (Wildman–Crippen LogP) is 3.20. The van der Waals surface area contributed by atoms with Gasteiger partial charge in [-0.05, 0) is 35.6 Å². The molecule has 38 heavy (non-hydrogen) atoms. The van der Waals surface area contributed by atoms with Crippen LogP contribution in [0.1, 0.15) is 31.4 Å². The van der Waals surface area contributed by atoms with Crippen molar-refractivity contribution in [3.63, 3.8) is 0 Å². The number of nitrogens with zero attached hydrogens (tertiary/aromatic N) is 2. The molecule has 3 aromatic rings. The van der Waals surface area contributed by atoms with Crippen LogP contribution in [0.4, 0.5) is 4.79 Å². The molecule has 4 atom stereocenters. The topological polar surface area (TPSA) is 141 Å². The molecule has 2 amide bonds. The smallest absolute Gasteiger partial charge is 0.405 e. The SMILES string of the molecule is CC[C@H](C)[C@H](NC(=O)O)C(=O)NN(Cc1ccc(-c2ccccn2)cc1)C[C@H](O)[C@@H](N)Cc1ccccc1. The molecule has 3 rings (SSSR count). The van der Waals surface area contributed by atoms with E-state index in [2.05, 4.69) is 15.7 Å². The summed E-state index contributed by atoms with van der Waals surface area (Å²) in [6, 6.07) is 21.6. The zero-order valence-electron chi connectivity index (χ0n) is 21.8. The molecule has 0 fully saturated rings. The molecule has 0 spiro atoms. The predicted molar refractivity (Wildman–Crippen MR) is 147 cm³/mol. The molecule has 1 heterocycles. The van der Waals surface area contributed by atoms with E-state index in [4.69, 9.17) is 5.73 Å². The maximum absolute atomic E-state index is 13.2. The van der Waals surface area contributed by atoms with Gasteiger partial charge in [-0.15, -0.1) is 0 Å². The van der Waals surface area contributed by atoms with Crippen LogP contribution in [-0.4, -0.2) is 56.9 Å². The van der Waals surface area contributed by atoms with Crippen molar-refractivity contribution in [1.82, 2.24) is 20.7 Å². The van der Waals surface area contributed by atoms with Crippen molar-refractivity contribution in [1.29, 1.82) is 0 Å². The number of nitrogens with two attached hydrogens (primary N) is 1. The van der Waals surface area contributed by atoms with E-state index >= 15 is 0 Å². The summed E-state index contributed by atoms with van der Waals surface area (Å²) in [6.45, 7) is 4.04. The van der Waals surface area contributed by atoms with E-state index in [9.17, 15) is 19.8 Å². The van der Waals surface area contributed by atoms with Gasteiger partial charge in [0.25, 0.3) is 5.91 Å². The number of nitrogens with one attached hydrogen (secondary N) is 2. The van der Waals surface area contributed by atoms with Crippen LogP contribution in [0, 0.1) is 5.92 Å². The second-order valence-corrected chi connectivity index (χ2v) is 9.50. The van der Waals surface area contributed by atoms with Gasteiger partial charge in [0.05, 0.1) is 11.8 Å². The van der Waals surface area contributed by atoms with Gasteiger partial charge in [-0.25, -0.2) is 9.80 Å². The van der Waals surface area contributed by atoms with Gasteiger partial charge in [-0.1, -0.05) is 80.9 Å². The van der Waals surface area contributed by atoms with Crippen molar-refractivity contribution in [2.45, 2.75) is 51.4 Å². The maximum atomic E-state index is 13.2. The van der Waals surface area contributed by atoms with E-state index < -0.39 is 30.2 Å². The summed E-state index contributed by atoms with van der Waals surface area (Å²) in [6.07, 6.45) is 0.598. The highest BCUT2D eigenvalue weighted by Gasteiger charge is 2.28. The first kappa shape index (κ1) is 28.8. The van der Waals surface area contributed by atoms with Crippen LogP contribution in [0.25, 0.3) is 11.3 Å². The van der Waals surface area contributed by atoms with Crippen LogP contribution < -0.4 is 16.5 Å². The second kappa shape index (κ2) is 14.2. The number of hydrogen-bond acceptors (Lipinski definition) is 6. The third-order valence-electron chi connectivity index (χ3n) is 6.55. The van der Waals surface area contributed by atoms with Crippen molar-refractivity contribution in [3.05, 3.63) is 90.1 Å². The molecule has 9 heteroatoms. The minimum absolute atomic E-state index is 0.0576. The maximum Gasteiger partial charge on any atom is 0.405 e. The van der Waals surface area contributed by atoms with Crippen molar-refractivity contribution in [3.8, 4) is 11.3 Å². The van der Waals surface area contributed by atoms with Gasteiger partial charge in [0.15, 0.2) is 0 Å². The first-order chi connectivity index (χ1) is 18.3. The molecular formula is C29H37N5O4. The van der Waals surface area contributed by atoms with Gasteiger partial charge in [0.1, 0.15) is 6.04 Å². The van der Waals surface area contributed by atoms with Gasteiger partial charge >= 0.3 is 6.09 Å². The first-order valence-corrected chi connectivity index (χ1v) is 12.8.